The molecule has 0 amide bonds. The van der Waals surface area contributed by atoms with Crippen molar-refractivity contribution in [2.45, 2.75) is 18.9 Å². The minimum absolute atomic E-state index is 0.0356. The third kappa shape index (κ3) is 3.53. The van der Waals surface area contributed by atoms with E-state index in [2.05, 4.69) is 30.2 Å². The zero-order valence-electron chi connectivity index (χ0n) is 20.3. The zero-order chi connectivity index (χ0) is 25.1. The fraction of sp³-hybridized carbons (Fsp3) is 0.269. The minimum atomic E-state index is -0.380. The topological polar surface area (TPSA) is 103 Å². The second kappa shape index (κ2) is 8.07. The van der Waals surface area contributed by atoms with Gasteiger partial charge in [-0.3, -0.25) is 0 Å². The third-order valence-corrected chi connectivity index (χ3v) is 7.13. The molecule has 2 aliphatic rings. The summed E-state index contributed by atoms with van der Waals surface area (Å²) < 4.78 is 27.7. The molecule has 2 saturated heterocycles. The molecule has 186 valence electrons. The molecule has 0 atom stereocenters. The highest BCUT2D eigenvalue weighted by molar-refractivity contribution is 5.87. The molecule has 0 radical (unpaired) electrons. The average molecular weight is 499 g/mol. The Balaban J connectivity index is 1.15. The molecule has 3 aromatic heterocycles. The van der Waals surface area contributed by atoms with Gasteiger partial charge in [0.25, 0.3) is 0 Å². The van der Waals surface area contributed by atoms with Crippen molar-refractivity contribution in [1.82, 2.24) is 29.5 Å². The van der Waals surface area contributed by atoms with Gasteiger partial charge < -0.3 is 24.3 Å². The normalized spacial score (nSPS) is 16.1. The van der Waals surface area contributed by atoms with Crippen molar-refractivity contribution >= 4 is 39.5 Å². The average Bonchev–Trinajstić information content (AvgIpc) is 3.20. The lowest BCUT2D eigenvalue weighted by Crippen LogP contribution is -2.71. The Morgan fingerprint density at radius 2 is 1.97 bits per heavy atom. The molecule has 0 unspecified atom stereocenters. The summed E-state index contributed by atoms with van der Waals surface area (Å²) in [6, 6.07) is 8.76. The van der Waals surface area contributed by atoms with Crippen LogP contribution in [0.1, 0.15) is 12.0 Å². The molecule has 37 heavy (non-hydrogen) atoms. The highest BCUT2D eigenvalue weighted by Gasteiger charge is 2.52. The zero-order valence-corrected chi connectivity index (χ0v) is 20.3. The lowest BCUT2D eigenvalue weighted by Gasteiger charge is -2.57. The Bertz CT molecular complexity index is 1680. The lowest BCUT2D eigenvalue weighted by atomic mass is 9.83. The SMILES string of the molecule is Cc1cc(Nc2ncnc3cnc(N4CCC45COC5)nc23)ccc1Oc1cc(F)c2c(c1)ncn2C. The maximum absolute atomic E-state index is 14.6. The predicted octanol–water partition coefficient (Wildman–Crippen LogP) is 4.27. The van der Waals surface area contributed by atoms with Gasteiger partial charge in [-0.1, -0.05) is 0 Å². The summed E-state index contributed by atoms with van der Waals surface area (Å²) in [7, 11) is 1.76. The molecule has 2 fully saturated rings. The first-order chi connectivity index (χ1) is 18.0. The van der Waals surface area contributed by atoms with Gasteiger partial charge in [-0.05, 0) is 37.1 Å². The Morgan fingerprint density at radius 1 is 1.08 bits per heavy atom. The number of ether oxygens (including phenoxy) is 2. The highest BCUT2D eigenvalue weighted by atomic mass is 19.1. The van der Waals surface area contributed by atoms with Crippen LogP contribution < -0.4 is 15.0 Å². The number of hydrogen-bond acceptors (Lipinski definition) is 9. The summed E-state index contributed by atoms with van der Waals surface area (Å²) in [5.41, 5.74) is 4.00. The number of benzene rings is 2. The van der Waals surface area contributed by atoms with Gasteiger partial charge in [-0.15, -0.1) is 0 Å². The molecule has 0 bridgehead atoms. The van der Waals surface area contributed by atoms with Gasteiger partial charge in [0, 0.05) is 31.4 Å². The molecule has 0 saturated carbocycles. The van der Waals surface area contributed by atoms with Gasteiger partial charge in [0.15, 0.2) is 11.6 Å². The maximum Gasteiger partial charge on any atom is 0.226 e. The summed E-state index contributed by atoms with van der Waals surface area (Å²) in [6.07, 6.45) is 5.89. The van der Waals surface area contributed by atoms with E-state index in [9.17, 15) is 4.39 Å². The van der Waals surface area contributed by atoms with Crippen LogP contribution in [0, 0.1) is 12.7 Å². The monoisotopic (exact) mass is 498 g/mol. The van der Waals surface area contributed by atoms with E-state index in [0.29, 0.717) is 58.5 Å². The van der Waals surface area contributed by atoms with Gasteiger partial charge in [0.05, 0.1) is 36.8 Å². The third-order valence-electron chi connectivity index (χ3n) is 7.13. The molecule has 2 aromatic carbocycles. The predicted molar refractivity (Wildman–Crippen MR) is 136 cm³/mol. The number of rotatable bonds is 5. The number of aromatic nitrogens is 6. The smallest absolute Gasteiger partial charge is 0.226 e. The standard InChI is InChI=1S/C26H23FN8O2/c1-15-7-16(3-4-21(15)37-17-8-18(27)23-19(9-17)31-14-34(23)2)32-24-22-20(29-13-30-24)10-28-25(33-22)35-6-5-26(35)11-36-12-26/h3-4,7-10,13-14H,5-6,11-12H2,1-2H3,(H,29,30,32). The van der Waals surface area contributed by atoms with Crippen LogP contribution in [0.15, 0.2) is 49.2 Å². The maximum atomic E-state index is 14.6. The number of fused-ring (bicyclic) bond motifs is 2. The van der Waals surface area contributed by atoms with Gasteiger partial charge in [-0.25, -0.2) is 29.3 Å². The van der Waals surface area contributed by atoms with Crippen molar-refractivity contribution < 1.29 is 13.9 Å². The van der Waals surface area contributed by atoms with E-state index < -0.39 is 0 Å². The van der Waals surface area contributed by atoms with E-state index >= 15 is 0 Å². The van der Waals surface area contributed by atoms with Crippen LogP contribution in [0.4, 0.5) is 21.8 Å². The first-order valence-corrected chi connectivity index (χ1v) is 12.0. The molecule has 10 nitrogen and oxygen atoms in total. The van der Waals surface area contributed by atoms with Crippen molar-refractivity contribution in [2.75, 3.05) is 30.0 Å². The van der Waals surface area contributed by atoms with Crippen LogP contribution in [0.3, 0.4) is 0 Å². The summed E-state index contributed by atoms with van der Waals surface area (Å²) in [4.78, 5) is 24.5. The number of nitrogens with zero attached hydrogens (tertiary/aromatic N) is 7. The van der Waals surface area contributed by atoms with Crippen LogP contribution in [0.2, 0.25) is 0 Å². The number of hydrogen-bond donors (Lipinski definition) is 1. The minimum Gasteiger partial charge on any atom is -0.457 e. The van der Waals surface area contributed by atoms with E-state index in [0.717, 1.165) is 24.2 Å². The van der Waals surface area contributed by atoms with Gasteiger partial charge in [-0.2, -0.15) is 0 Å². The van der Waals surface area contributed by atoms with E-state index in [4.69, 9.17) is 14.5 Å². The van der Waals surface area contributed by atoms with Gasteiger partial charge >= 0.3 is 0 Å². The van der Waals surface area contributed by atoms with Crippen molar-refractivity contribution in [3.8, 4) is 11.5 Å². The Labute approximate surface area is 211 Å². The van der Waals surface area contributed by atoms with Crippen molar-refractivity contribution in [3.05, 3.63) is 60.6 Å². The van der Waals surface area contributed by atoms with Gasteiger partial charge in [0.1, 0.15) is 34.4 Å². The molecular formula is C26H23FN8O2. The Kier molecular flexibility index (Phi) is 4.77. The summed E-state index contributed by atoms with van der Waals surface area (Å²) in [5, 5.41) is 3.35. The van der Waals surface area contributed by atoms with Crippen LogP contribution in [0.5, 0.6) is 11.5 Å². The molecule has 0 aliphatic carbocycles. The Hall–Kier alpha value is -4.38. The molecule has 1 N–H and O–H groups in total. The van der Waals surface area contributed by atoms with Crippen LogP contribution >= 0.6 is 0 Å². The number of imidazole rings is 1. The first-order valence-electron chi connectivity index (χ1n) is 12.0. The number of nitrogens with one attached hydrogen (secondary N) is 1. The molecular weight excluding hydrogens is 475 g/mol. The van der Waals surface area contributed by atoms with E-state index in [1.807, 2.05) is 25.1 Å². The fourth-order valence-corrected chi connectivity index (χ4v) is 4.93. The summed E-state index contributed by atoms with van der Waals surface area (Å²) >= 11 is 0. The summed E-state index contributed by atoms with van der Waals surface area (Å²) in [6.45, 7) is 4.25. The van der Waals surface area contributed by atoms with Crippen molar-refractivity contribution in [3.63, 3.8) is 0 Å². The molecule has 1 spiro atoms. The Morgan fingerprint density at radius 3 is 2.73 bits per heavy atom. The molecule has 5 aromatic rings. The molecule has 7 rings (SSSR count). The lowest BCUT2D eigenvalue weighted by molar-refractivity contribution is -0.0855. The molecule has 11 heteroatoms. The number of aryl methyl sites for hydroxylation is 2. The van der Waals surface area contributed by atoms with Crippen LogP contribution in [-0.2, 0) is 11.8 Å². The fourth-order valence-electron chi connectivity index (χ4n) is 4.93. The van der Waals surface area contributed by atoms with Crippen molar-refractivity contribution in [1.29, 1.82) is 0 Å². The number of anilines is 3. The molecule has 5 heterocycles. The van der Waals surface area contributed by atoms with Crippen molar-refractivity contribution in [2.24, 2.45) is 7.05 Å². The quantitative estimate of drug-likeness (QED) is 0.380. The molecule has 2 aliphatic heterocycles. The van der Waals surface area contributed by atoms with E-state index in [-0.39, 0.29) is 11.4 Å². The van der Waals surface area contributed by atoms with Crippen LogP contribution in [-0.4, -0.2) is 54.8 Å². The highest BCUT2D eigenvalue weighted by Crippen LogP contribution is 2.40. The van der Waals surface area contributed by atoms with Crippen LogP contribution in [0.25, 0.3) is 22.1 Å². The first kappa shape index (κ1) is 21.9. The summed E-state index contributed by atoms with van der Waals surface area (Å²) in [5.74, 6) is 1.87. The van der Waals surface area contributed by atoms with Gasteiger partial charge in [0.2, 0.25) is 5.95 Å². The van der Waals surface area contributed by atoms with E-state index in [1.54, 1.807) is 30.2 Å². The van der Waals surface area contributed by atoms with E-state index in [1.165, 1.54) is 12.4 Å². The second-order valence-electron chi connectivity index (χ2n) is 9.58. The number of halogens is 1. The second-order valence-corrected chi connectivity index (χ2v) is 9.58. The largest absolute Gasteiger partial charge is 0.457 e.